The molecule has 0 spiro atoms. The van der Waals surface area contributed by atoms with Crippen LogP contribution in [0.3, 0.4) is 0 Å². The molecule has 6 heteroatoms. The molecule has 2 atom stereocenters. The number of esters is 1. The molecule has 0 bridgehead atoms. The molecule has 0 radical (unpaired) electrons. The first-order chi connectivity index (χ1) is 11.5. The standard InChI is InChI=1S/C18H21ClN2O2S/c1-3-4-7-12-10-18(2,23-16(12)22)15-11-24-17(21-15)20-14-9-6-5-8-13(14)19/h5-6,8-9,11-12H,3-4,7,10H2,1-2H3,(H,20,21)/t12-,18-/m1/s1. The van der Waals surface area contributed by atoms with Crippen LogP contribution in [-0.4, -0.2) is 11.0 Å². The van der Waals surface area contributed by atoms with Crippen LogP contribution in [0.1, 0.15) is 45.2 Å². The number of nitrogens with zero attached hydrogens (tertiary/aromatic N) is 1. The molecule has 1 aliphatic rings. The monoisotopic (exact) mass is 364 g/mol. The average Bonchev–Trinajstić information content (AvgIpc) is 3.13. The summed E-state index contributed by atoms with van der Waals surface area (Å²) in [6.45, 7) is 4.08. The number of rotatable bonds is 6. The van der Waals surface area contributed by atoms with Gasteiger partial charge in [0.05, 0.1) is 22.3 Å². The van der Waals surface area contributed by atoms with Crippen molar-refractivity contribution < 1.29 is 9.53 Å². The van der Waals surface area contributed by atoms with Crippen LogP contribution in [0, 0.1) is 5.92 Å². The molecule has 2 heterocycles. The van der Waals surface area contributed by atoms with Crippen molar-refractivity contribution in [3.8, 4) is 0 Å². The van der Waals surface area contributed by atoms with E-state index in [-0.39, 0.29) is 11.9 Å². The first-order valence-electron chi connectivity index (χ1n) is 8.22. The van der Waals surface area contributed by atoms with Crippen LogP contribution < -0.4 is 5.32 Å². The lowest BCUT2D eigenvalue weighted by Gasteiger charge is -2.20. The number of nitrogens with one attached hydrogen (secondary N) is 1. The highest BCUT2D eigenvalue weighted by molar-refractivity contribution is 7.13. The van der Waals surface area contributed by atoms with Crippen LogP contribution in [0.4, 0.5) is 10.8 Å². The number of carbonyl (C=O) groups excluding carboxylic acids is 1. The maximum absolute atomic E-state index is 12.1. The smallest absolute Gasteiger partial charge is 0.310 e. The lowest BCUT2D eigenvalue weighted by atomic mass is 9.90. The number of anilines is 2. The number of aromatic nitrogens is 1. The summed E-state index contributed by atoms with van der Waals surface area (Å²) >= 11 is 7.65. The van der Waals surface area contributed by atoms with Gasteiger partial charge in [-0.15, -0.1) is 11.3 Å². The van der Waals surface area contributed by atoms with Gasteiger partial charge in [0.25, 0.3) is 0 Å². The van der Waals surface area contributed by atoms with Crippen molar-refractivity contribution in [2.75, 3.05) is 5.32 Å². The van der Waals surface area contributed by atoms with Gasteiger partial charge in [-0.25, -0.2) is 4.98 Å². The van der Waals surface area contributed by atoms with Crippen LogP contribution in [0.25, 0.3) is 0 Å². The van der Waals surface area contributed by atoms with E-state index in [4.69, 9.17) is 16.3 Å². The Bertz CT molecular complexity index is 733. The lowest BCUT2D eigenvalue weighted by molar-refractivity contribution is -0.150. The summed E-state index contributed by atoms with van der Waals surface area (Å²) in [6.07, 6.45) is 3.72. The van der Waals surface area contributed by atoms with E-state index < -0.39 is 5.60 Å². The largest absolute Gasteiger partial charge is 0.453 e. The molecule has 1 aromatic heterocycles. The zero-order chi connectivity index (χ0) is 17.2. The highest BCUT2D eigenvalue weighted by Crippen LogP contribution is 2.42. The summed E-state index contributed by atoms with van der Waals surface area (Å²) in [5.74, 6) is -0.115. The Morgan fingerprint density at radius 3 is 3.00 bits per heavy atom. The van der Waals surface area contributed by atoms with Crippen LogP contribution in [0.2, 0.25) is 5.02 Å². The van der Waals surface area contributed by atoms with E-state index in [2.05, 4.69) is 17.2 Å². The van der Waals surface area contributed by atoms with Crippen molar-refractivity contribution in [3.05, 3.63) is 40.4 Å². The maximum Gasteiger partial charge on any atom is 0.310 e. The summed E-state index contributed by atoms with van der Waals surface area (Å²) in [4.78, 5) is 16.8. The van der Waals surface area contributed by atoms with E-state index in [0.29, 0.717) is 11.4 Å². The Kier molecular flexibility index (Phi) is 5.11. The molecular formula is C18H21ClN2O2S. The molecule has 1 N–H and O–H groups in total. The second-order valence-corrected chi connectivity index (χ2v) is 7.60. The summed E-state index contributed by atoms with van der Waals surface area (Å²) in [5, 5.41) is 6.57. The Morgan fingerprint density at radius 1 is 1.46 bits per heavy atom. The van der Waals surface area contributed by atoms with Gasteiger partial charge in [-0.2, -0.15) is 0 Å². The van der Waals surface area contributed by atoms with Gasteiger partial charge in [0, 0.05) is 11.8 Å². The number of benzene rings is 1. The fourth-order valence-corrected chi connectivity index (χ4v) is 4.01. The maximum atomic E-state index is 12.1. The van der Waals surface area contributed by atoms with Gasteiger partial charge >= 0.3 is 5.97 Å². The molecule has 2 aromatic rings. The summed E-state index contributed by atoms with van der Waals surface area (Å²) < 4.78 is 5.68. The Morgan fingerprint density at radius 2 is 2.25 bits per heavy atom. The van der Waals surface area contributed by atoms with Crippen LogP contribution >= 0.6 is 22.9 Å². The zero-order valence-corrected chi connectivity index (χ0v) is 15.4. The highest BCUT2D eigenvalue weighted by Gasteiger charge is 2.45. The van der Waals surface area contributed by atoms with E-state index in [1.54, 1.807) is 0 Å². The molecule has 3 rings (SSSR count). The molecule has 128 valence electrons. The number of cyclic esters (lactones) is 1. The predicted molar refractivity (Wildman–Crippen MR) is 97.9 cm³/mol. The second kappa shape index (κ2) is 7.11. The average molecular weight is 365 g/mol. The first kappa shape index (κ1) is 17.2. The number of unbranched alkanes of at least 4 members (excludes halogenated alkanes) is 1. The zero-order valence-electron chi connectivity index (χ0n) is 13.8. The van der Waals surface area contributed by atoms with Gasteiger partial charge < -0.3 is 10.1 Å². The molecular weight excluding hydrogens is 344 g/mol. The summed E-state index contributed by atoms with van der Waals surface area (Å²) in [7, 11) is 0. The number of halogens is 1. The minimum absolute atomic E-state index is 0.0170. The topological polar surface area (TPSA) is 51.2 Å². The van der Waals surface area contributed by atoms with Gasteiger partial charge in [-0.05, 0) is 25.5 Å². The summed E-state index contributed by atoms with van der Waals surface area (Å²) in [5.41, 5.74) is 0.982. The number of thiazole rings is 1. The minimum Gasteiger partial charge on any atom is -0.453 e. The van der Waals surface area contributed by atoms with Gasteiger partial charge in [0.2, 0.25) is 0 Å². The molecule has 1 aromatic carbocycles. The highest BCUT2D eigenvalue weighted by atomic mass is 35.5. The van der Waals surface area contributed by atoms with Crippen molar-refractivity contribution in [3.63, 3.8) is 0 Å². The Hall–Kier alpha value is -1.59. The third kappa shape index (κ3) is 3.57. The van der Waals surface area contributed by atoms with E-state index in [1.807, 2.05) is 36.6 Å². The van der Waals surface area contributed by atoms with Crippen molar-refractivity contribution in [1.82, 2.24) is 4.98 Å². The van der Waals surface area contributed by atoms with Crippen molar-refractivity contribution in [2.45, 2.75) is 45.1 Å². The molecule has 0 saturated carbocycles. The van der Waals surface area contributed by atoms with Gasteiger partial charge in [-0.3, -0.25) is 4.79 Å². The van der Waals surface area contributed by atoms with E-state index in [9.17, 15) is 4.79 Å². The predicted octanol–water partition coefficient (Wildman–Crippen LogP) is 5.51. The van der Waals surface area contributed by atoms with Gasteiger partial charge in [-0.1, -0.05) is 43.5 Å². The van der Waals surface area contributed by atoms with Crippen molar-refractivity contribution in [2.24, 2.45) is 5.92 Å². The fourth-order valence-electron chi connectivity index (χ4n) is 2.98. The fraction of sp³-hybridized carbons (Fsp3) is 0.444. The molecule has 0 unspecified atom stereocenters. The number of para-hydroxylation sites is 1. The minimum atomic E-state index is -0.633. The van der Waals surface area contributed by atoms with E-state index in [0.717, 1.165) is 35.8 Å². The van der Waals surface area contributed by atoms with E-state index in [1.165, 1.54) is 11.3 Å². The third-order valence-corrected chi connectivity index (χ3v) is 5.45. The van der Waals surface area contributed by atoms with Crippen LogP contribution in [-0.2, 0) is 15.1 Å². The molecule has 4 nitrogen and oxygen atoms in total. The molecule has 24 heavy (non-hydrogen) atoms. The molecule has 1 saturated heterocycles. The number of ether oxygens (including phenoxy) is 1. The van der Waals surface area contributed by atoms with Crippen LogP contribution in [0.15, 0.2) is 29.6 Å². The summed E-state index contributed by atoms with van der Waals surface area (Å²) in [6, 6.07) is 7.54. The Labute approximate surface area is 151 Å². The quantitative estimate of drug-likeness (QED) is 0.687. The van der Waals surface area contributed by atoms with E-state index >= 15 is 0 Å². The molecule has 1 fully saturated rings. The SMILES string of the molecule is CCCC[C@@H]1C[C@](C)(c2csc(Nc3ccccc3Cl)n2)OC1=O. The van der Waals surface area contributed by atoms with Gasteiger partial charge in [0.15, 0.2) is 10.7 Å². The lowest BCUT2D eigenvalue weighted by Crippen LogP contribution is -2.21. The van der Waals surface area contributed by atoms with Crippen LogP contribution in [0.5, 0.6) is 0 Å². The number of hydrogen-bond acceptors (Lipinski definition) is 5. The first-order valence-corrected chi connectivity index (χ1v) is 9.48. The molecule has 0 amide bonds. The third-order valence-electron chi connectivity index (χ3n) is 4.36. The van der Waals surface area contributed by atoms with Crippen molar-refractivity contribution >= 4 is 39.7 Å². The molecule has 1 aliphatic heterocycles. The second-order valence-electron chi connectivity index (χ2n) is 6.34. The van der Waals surface area contributed by atoms with Gasteiger partial charge in [0.1, 0.15) is 0 Å². The molecule has 0 aliphatic carbocycles. The Balaban J connectivity index is 1.73. The van der Waals surface area contributed by atoms with Crippen molar-refractivity contribution in [1.29, 1.82) is 0 Å². The normalized spacial score (nSPS) is 23.3. The number of hydrogen-bond donors (Lipinski definition) is 1. The number of carbonyl (C=O) groups is 1.